The molecule has 5 rings (SSSR count). The summed E-state index contributed by atoms with van der Waals surface area (Å²) in [6.45, 7) is 10.4. The third-order valence-electron chi connectivity index (χ3n) is 9.76. The van der Waals surface area contributed by atoms with E-state index in [1.807, 2.05) is 30.3 Å². The van der Waals surface area contributed by atoms with Crippen LogP contribution in [0.4, 0.5) is 0 Å². The molecule has 2 heterocycles. The van der Waals surface area contributed by atoms with Crippen LogP contribution in [0.5, 0.6) is 0 Å². The van der Waals surface area contributed by atoms with Crippen molar-refractivity contribution in [1.29, 1.82) is 0 Å². The van der Waals surface area contributed by atoms with Gasteiger partial charge in [0, 0.05) is 71.6 Å². The molecule has 3 fully saturated rings. The Bertz CT molecular complexity index is 1310. The zero-order valence-corrected chi connectivity index (χ0v) is 28.3. The van der Waals surface area contributed by atoms with Crippen LogP contribution in [0, 0.1) is 5.92 Å². The van der Waals surface area contributed by atoms with Gasteiger partial charge in [-0.25, -0.2) is 0 Å². The number of fused-ring (bicyclic) bond motifs is 4. The predicted molar refractivity (Wildman–Crippen MR) is 183 cm³/mol. The smallest absolute Gasteiger partial charge is 0.320 e. The van der Waals surface area contributed by atoms with Crippen LogP contribution in [0.15, 0.2) is 60.7 Å². The summed E-state index contributed by atoms with van der Waals surface area (Å²) in [6, 6.07) is 20.4. The molecule has 2 aromatic rings. The van der Waals surface area contributed by atoms with Gasteiger partial charge in [0.15, 0.2) is 11.6 Å². The lowest BCUT2D eigenvalue weighted by Crippen LogP contribution is -2.41. The van der Waals surface area contributed by atoms with E-state index in [1.54, 1.807) is 0 Å². The minimum atomic E-state index is -1.21. The SMILES string of the molecule is O=C(CN1CCCN2CCN(CCc3ccccc3)CCCN(CC1)CC(CCC(=O)OC1C(=O)CCC1=O)C2)OCc1ccccc1. The highest BCUT2D eigenvalue weighted by atomic mass is 16.6. The largest absolute Gasteiger partial charge is 0.460 e. The Morgan fingerprint density at radius 1 is 0.667 bits per heavy atom. The van der Waals surface area contributed by atoms with Crippen molar-refractivity contribution in [3.8, 4) is 0 Å². The number of ketones is 2. The van der Waals surface area contributed by atoms with Crippen molar-refractivity contribution in [3.63, 3.8) is 0 Å². The van der Waals surface area contributed by atoms with Gasteiger partial charge in [-0.1, -0.05) is 60.7 Å². The molecule has 3 aliphatic rings. The second-order valence-electron chi connectivity index (χ2n) is 13.5. The van der Waals surface area contributed by atoms with Crippen molar-refractivity contribution in [3.05, 3.63) is 71.8 Å². The van der Waals surface area contributed by atoms with E-state index in [0.29, 0.717) is 6.42 Å². The minimum absolute atomic E-state index is 0.160. The topological polar surface area (TPSA) is 99.7 Å². The van der Waals surface area contributed by atoms with Crippen molar-refractivity contribution in [2.45, 2.75) is 57.7 Å². The number of benzene rings is 2. The zero-order chi connectivity index (χ0) is 33.6. The van der Waals surface area contributed by atoms with Gasteiger partial charge in [0.1, 0.15) is 6.61 Å². The summed E-state index contributed by atoms with van der Waals surface area (Å²) in [5.74, 6) is -1.02. The molecule has 3 atom stereocenters. The second kappa shape index (κ2) is 18.9. The first-order chi connectivity index (χ1) is 23.4. The standard InChI is InChI=1S/C38H52N4O6/c43-34-14-15-35(44)38(34)48-36(45)16-13-33-27-40-20-8-21-42(29-37(46)47-30-32-11-5-2-6-12-32)26-25-41(28-33)19-7-18-39(23-24-40)22-17-31-9-3-1-4-10-31/h1-6,9-12,33,38H,7-8,13-30H2. The molecule has 260 valence electrons. The highest BCUT2D eigenvalue weighted by Crippen LogP contribution is 2.19. The highest BCUT2D eigenvalue weighted by molar-refractivity contribution is 6.12. The number of ether oxygens (including phenoxy) is 2. The molecule has 3 unspecified atom stereocenters. The number of esters is 2. The maximum absolute atomic E-state index is 12.9. The van der Waals surface area contributed by atoms with Crippen molar-refractivity contribution in [2.24, 2.45) is 5.92 Å². The summed E-state index contributed by atoms with van der Waals surface area (Å²) in [5.41, 5.74) is 2.34. The lowest BCUT2D eigenvalue weighted by molar-refractivity contribution is -0.157. The fourth-order valence-electron chi connectivity index (χ4n) is 7.00. The first-order valence-corrected chi connectivity index (χ1v) is 17.8. The molecule has 2 aromatic carbocycles. The molecule has 1 aliphatic carbocycles. The second-order valence-corrected chi connectivity index (χ2v) is 13.5. The fourth-order valence-corrected chi connectivity index (χ4v) is 7.00. The molecular formula is C38H52N4O6. The Morgan fingerprint density at radius 3 is 1.90 bits per heavy atom. The summed E-state index contributed by atoms with van der Waals surface area (Å²) in [6.07, 6.45) is 2.92. The molecule has 10 heteroatoms. The quantitative estimate of drug-likeness (QED) is 0.264. The van der Waals surface area contributed by atoms with E-state index in [-0.39, 0.29) is 55.9 Å². The fraction of sp³-hybridized carbons (Fsp3) is 0.579. The summed E-state index contributed by atoms with van der Waals surface area (Å²) >= 11 is 0. The summed E-state index contributed by atoms with van der Waals surface area (Å²) in [5, 5.41) is 0. The van der Waals surface area contributed by atoms with Crippen molar-refractivity contribution >= 4 is 23.5 Å². The molecule has 2 aliphatic heterocycles. The average Bonchev–Trinajstić information content (AvgIpc) is 3.38. The van der Waals surface area contributed by atoms with Gasteiger partial charge in [-0.3, -0.25) is 24.1 Å². The average molecular weight is 661 g/mol. The Morgan fingerprint density at radius 2 is 1.25 bits per heavy atom. The van der Waals surface area contributed by atoms with Gasteiger partial charge in [0.25, 0.3) is 0 Å². The highest BCUT2D eigenvalue weighted by Gasteiger charge is 2.36. The molecule has 0 radical (unpaired) electrons. The number of hydrogen-bond acceptors (Lipinski definition) is 10. The minimum Gasteiger partial charge on any atom is -0.460 e. The van der Waals surface area contributed by atoms with Gasteiger partial charge in [-0.15, -0.1) is 0 Å². The Hall–Kier alpha value is -3.44. The van der Waals surface area contributed by atoms with E-state index in [9.17, 15) is 19.2 Å². The summed E-state index contributed by atoms with van der Waals surface area (Å²) < 4.78 is 11.0. The Labute approximate surface area is 285 Å². The molecule has 1 saturated carbocycles. The number of carbonyl (C=O) groups excluding carboxylic acids is 4. The number of hydrogen-bond donors (Lipinski definition) is 0. The monoisotopic (exact) mass is 660 g/mol. The normalized spacial score (nSPS) is 23.8. The van der Waals surface area contributed by atoms with Gasteiger partial charge in [-0.05, 0) is 62.4 Å². The van der Waals surface area contributed by atoms with E-state index in [2.05, 4.69) is 49.9 Å². The van der Waals surface area contributed by atoms with Crippen molar-refractivity contribution in [2.75, 3.05) is 78.5 Å². The molecule has 2 bridgehead atoms. The molecule has 0 amide bonds. The summed E-state index contributed by atoms with van der Waals surface area (Å²) in [7, 11) is 0. The maximum atomic E-state index is 12.9. The van der Waals surface area contributed by atoms with E-state index in [1.165, 1.54) is 5.56 Å². The van der Waals surface area contributed by atoms with Crippen LogP contribution in [0.3, 0.4) is 0 Å². The van der Waals surface area contributed by atoms with E-state index in [0.717, 1.165) is 96.8 Å². The first kappa shape index (κ1) is 35.9. The number of rotatable bonds is 11. The molecule has 0 spiro atoms. The van der Waals surface area contributed by atoms with Crippen LogP contribution in [0.1, 0.15) is 49.7 Å². The summed E-state index contributed by atoms with van der Waals surface area (Å²) in [4.78, 5) is 59.6. The number of Topliss-reactive ketones (excluding diaryl/α,β-unsaturated/α-hetero) is 2. The maximum Gasteiger partial charge on any atom is 0.320 e. The third kappa shape index (κ3) is 11.9. The Balaban J connectivity index is 1.22. The zero-order valence-electron chi connectivity index (χ0n) is 28.3. The van der Waals surface area contributed by atoms with Gasteiger partial charge < -0.3 is 24.2 Å². The van der Waals surface area contributed by atoms with Gasteiger partial charge in [0.05, 0.1) is 6.54 Å². The number of nitrogens with zero attached hydrogens (tertiary/aromatic N) is 4. The third-order valence-corrected chi connectivity index (χ3v) is 9.76. The van der Waals surface area contributed by atoms with E-state index >= 15 is 0 Å². The molecule has 0 N–H and O–H groups in total. The van der Waals surface area contributed by atoms with Crippen LogP contribution in [-0.4, -0.2) is 128 Å². The lowest BCUT2D eigenvalue weighted by Gasteiger charge is -2.31. The molecule has 48 heavy (non-hydrogen) atoms. The lowest BCUT2D eigenvalue weighted by atomic mass is 10.0. The molecule has 2 saturated heterocycles. The number of carbonyl (C=O) groups is 4. The van der Waals surface area contributed by atoms with Crippen molar-refractivity contribution < 1.29 is 28.7 Å². The molecular weight excluding hydrogens is 608 g/mol. The predicted octanol–water partition coefficient (Wildman–Crippen LogP) is 3.23. The first-order valence-electron chi connectivity index (χ1n) is 17.8. The van der Waals surface area contributed by atoms with Crippen LogP contribution in [-0.2, 0) is 41.7 Å². The van der Waals surface area contributed by atoms with Gasteiger partial charge in [-0.2, -0.15) is 0 Å². The Kier molecular flexibility index (Phi) is 14.1. The van der Waals surface area contributed by atoms with Crippen LogP contribution < -0.4 is 0 Å². The molecule has 10 nitrogen and oxygen atoms in total. The van der Waals surface area contributed by atoms with E-state index < -0.39 is 12.1 Å². The van der Waals surface area contributed by atoms with Gasteiger partial charge >= 0.3 is 11.9 Å². The van der Waals surface area contributed by atoms with Crippen LogP contribution in [0.25, 0.3) is 0 Å². The molecule has 0 aromatic heterocycles. The van der Waals surface area contributed by atoms with Crippen molar-refractivity contribution in [1.82, 2.24) is 19.6 Å². The van der Waals surface area contributed by atoms with Gasteiger partial charge in [0.2, 0.25) is 6.10 Å². The van der Waals surface area contributed by atoms with E-state index in [4.69, 9.17) is 9.47 Å². The van der Waals surface area contributed by atoms with Crippen LogP contribution >= 0.6 is 0 Å². The van der Waals surface area contributed by atoms with Crippen LogP contribution in [0.2, 0.25) is 0 Å².